The average Bonchev–Trinajstić information content (AvgIpc) is 2.97. The maximum absolute atomic E-state index is 11.3. The molecule has 0 aliphatic carbocycles. The zero-order valence-corrected chi connectivity index (χ0v) is 15.3. The normalized spacial score (nSPS) is 18.4. The van der Waals surface area contributed by atoms with Gasteiger partial charge in [0.25, 0.3) is 5.69 Å². The molecule has 1 saturated heterocycles. The Balaban J connectivity index is 1.87. The van der Waals surface area contributed by atoms with Crippen LogP contribution in [0, 0.1) is 10.1 Å². The van der Waals surface area contributed by atoms with Crippen LogP contribution in [0.15, 0.2) is 18.2 Å². The number of ether oxygens (including phenoxy) is 2. The zero-order valence-electron chi connectivity index (χ0n) is 15.3. The Bertz CT molecular complexity index is 909. The predicted molar refractivity (Wildman–Crippen MR) is 99.4 cm³/mol. The van der Waals surface area contributed by atoms with E-state index < -0.39 is 10.5 Å². The molecule has 0 saturated carbocycles. The lowest BCUT2D eigenvalue weighted by atomic mass is 10.0. The summed E-state index contributed by atoms with van der Waals surface area (Å²) in [6.07, 6.45) is 0. The molecule has 9 nitrogen and oxygen atoms in total. The highest BCUT2D eigenvalue weighted by Gasteiger charge is 2.37. The summed E-state index contributed by atoms with van der Waals surface area (Å²) in [6.45, 7) is 7.08. The number of nitrogens with two attached hydrogens (primary N) is 1. The number of benzene rings is 1. The van der Waals surface area contributed by atoms with Crippen molar-refractivity contribution in [3.63, 3.8) is 0 Å². The van der Waals surface area contributed by atoms with Crippen molar-refractivity contribution < 1.29 is 14.4 Å². The first kappa shape index (κ1) is 17.6. The SMILES string of the molecule is CC1(C)OCc2c(N3CCOCC3)nc(-c3ccc(N)c([N+](=O)[O-])c3)nc21. The van der Waals surface area contributed by atoms with Gasteiger partial charge in [0.15, 0.2) is 5.82 Å². The van der Waals surface area contributed by atoms with Crippen molar-refractivity contribution in [1.82, 2.24) is 9.97 Å². The molecule has 4 rings (SSSR count). The van der Waals surface area contributed by atoms with E-state index in [0.29, 0.717) is 31.2 Å². The van der Waals surface area contributed by atoms with Gasteiger partial charge in [0.1, 0.15) is 17.1 Å². The molecule has 3 heterocycles. The van der Waals surface area contributed by atoms with Gasteiger partial charge < -0.3 is 20.1 Å². The molecule has 0 spiro atoms. The lowest BCUT2D eigenvalue weighted by Gasteiger charge is -2.29. The molecule has 1 fully saturated rings. The van der Waals surface area contributed by atoms with Gasteiger partial charge in [-0.05, 0) is 26.0 Å². The van der Waals surface area contributed by atoms with Gasteiger partial charge in [-0.3, -0.25) is 10.1 Å². The Morgan fingerprint density at radius 3 is 2.70 bits per heavy atom. The lowest BCUT2D eigenvalue weighted by molar-refractivity contribution is -0.383. The Labute approximate surface area is 156 Å². The van der Waals surface area contributed by atoms with Crippen LogP contribution in [-0.4, -0.2) is 41.2 Å². The molecule has 2 aromatic rings. The summed E-state index contributed by atoms with van der Waals surface area (Å²) in [5.74, 6) is 1.24. The van der Waals surface area contributed by atoms with Crippen LogP contribution in [0.25, 0.3) is 11.4 Å². The number of nitro groups is 1. The fraction of sp³-hybridized carbons (Fsp3) is 0.444. The topological polar surface area (TPSA) is 117 Å². The van der Waals surface area contributed by atoms with E-state index >= 15 is 0 Å². The molecule has 142 valence electrons. The third-order valence-electron chi connectivity index (χ3n) is 4.93. The number of morpholine rings is 1. The fourth-order valence-corrected chi connectivity index (χ4v) is 3.43. The maximum atomic E-state index is 11.3. The van der Waals surface area contributed by atoms with Crippen LogP contribution in [0.2, 0.25) is 0 Å². The molecule has 2 aliphatic heterocycles. The standard InChI is InChI=1S/C18H21N5O4/c1-18(2)15-12(10-27-18)17(22-5-7-26-8-6-22)21-16(20-15)11-3-4-13(19)14(9-11)23(24)25/h3-4,9H,5-8,10,19H2,1-2H3. The predicted octanol–water partition coefficient (Wildman–Crippen LogP) is 2.24. The van der Waals surface area contributed by atoms with Crippen LogP contribution in [-0.2, 0) is 21.7 Å². The minimum atomic E-state index is -0.548. The van der Waals surface area contributed by atoms with Gasteiger partial charge in [0.05, 0.1) is 30.4 Å². The number of hydrogen-bond acceptors (Lipinski definition) is 8. The molecule has 9 heteroatoms. The minimum Gasteiger partial charge on any atom is -0.393 e. The Morgan fingerprint density at radius 2 is 2.00 bits per heavy atom. The van der Waals surface area contributed by atoms with E-state index in [1.165, 1.54) is 12.1 Å². The monoisotopic (exact) mass is 371 g/mol. The van der Waals surface area contributed by atoms with E-state index in [0.717, 1.165) is 30.2 Å². The van der Waals surface area contributed by atoms with Crippen molar-refractivity contribution in [1.29, 1.82) is 0 Å². The summed E-state index contributed by atoms with van der Waals surface area (Å²) < 4.78 is 11.4. The highest BCUT2D eigenvalue weighted by Crippen LogP contribution is 2.40. The van der Waals surface area contributed by atoms with Gasteiger partial charge in [0, 0.05) is 30.3 Å². The second-order valence-electron chi connectivity index (χ2n) is 7.13. The summed E-state index contributed by atoms with van der Waals surface area (Å²) in [5, 5.41) is 11.3. The molecule has 0 radical (unpaired) electrons. The van der Waals surface area contributed by atoms with E-state index in [2.05, 4.69) is 4.90 Å². The van der Waals surface area contributed by atoms with E-state index in [4.69, 9.17) is 25.2 Å². The van der Waals surface area contributed by atoms with E-state index in [1.54, 1.807) is 6.07 Å². The van der Waals surface area contributed by atoms with Gasteiger partial charge in [-0.25, -0.2) is 9.97 Å². The van der Waals surface area contributed by atoms with Crippen LogP contribution in [0.4, 0.5) is 17.2 Å². The van der Waals surface area contributed by atoms with Crippen molar-refractivity contribution >= 4 is 17.2 Å². The van der Waals surface area contributed by atoms with Gasteiger partial charge in [-0.1, -0.05) is 0 Å². The van der Waals surface area contributed by atoms with E-state index in [1.807, 2.05) is 13.8 Å². The molecular formula is C18H21N5O4. The number of rotatable bonds is 3. The number of nitrogen functional groups attached to an aromatic ring is 1. The van der Waals surface area contributed by atoms with Gasteiger partial charge in [-0.15, -0.1) is 0 Å². The highest BCUT2D eigenvalue weighted by molar-refractivity contribution is 5.70. The first-order valence-electron chi connectivity index (χ1n) is 8.79. The largest absolute Gasteiger partial charge is 0.393 e. The maximum Gasteiger partial charge on any atom is 0.292 e. The van der Waals surface area contributed by atoms with Crippen LogP contribution in [0.1, 0.15) is 25.1 Å². The zero-order chi connectivity index (χ0) is 19.2. The summed E-state index contributed by atoms with van der Waals surface area (Å²) >= 11 is 0. The third-order valence-corrected chi connectivity index (χ3v) is 4.93. The molecule has 27 heavy (non-hydrogen) atoms. The number of hydrogen-bond donors (Lipinski definition) is 1. The van der Waals surface area contributed by atoms with Crippen LogP contribution in [0.3, 0.4) is 0 Å². The smallest absolute Gasteiger partial charge is 0.292 e. The molecule has 0 amide bonds. The summed E-state index contributed by atoms with van der Waals surface area (Å²) in [7, 11) is 0. The van der Waals surface area contributed by atoms with Gasteiger partial charge >= 0.3 is 0 Å². The summed E-state index contributed by atoms with van der Waals surface area (Å²) in [4.78, 5) is 22.4. The molecule has 1 aromatic heterocycles. The molecule has 1 aromatic carbocycles. The van der Waals surface area contributed by atoms with Crippen molar-refractivity contribution in [3.05, 3.63) is 39.6 Å². The third kappa shape index (κ3) is 3.08. The lowest BCUT2D eigenvalue weighted by Crippen LogP contribution is -2.37. The van der Waals surface area contributed by atoms with Crippen molar-refractivity contribution in [2.75, 3.05) is 36.9 Å². The van der Waals surface area contributed by atoms with Gasteiger partial charge in [-0.2, -0.15) is 0 Å². The number of aromatic nitrogens is 2. The number of nitrogens with zero attached hydrogens (tertiary/aromatic N) is 4. The molecular weight excluding hydrogens is 350 g/mol. The summed E-state index contributed by atoms with van der Waals surface area (Å²) in [5.41, 5.74) is 7.47. The van der Waals surface area contributed by atoms with Crippen LogP contribution >= 0.6 is 0 Å². The second-order valence-corrected chi connectivity index (χ2v) is 7.13. The van der Waals surface area contributed by atoms with Crippen molar-refractivity contribution in [2.45, 2.75) is 26.1 Å². The highest BCUT2D eigenvalue weighted by atomic mass is 16.6. The minimum absolute atomic E-state index is 0.113. The molecule has 0 bridgehead atoms. The Hall–Kier alpha value is -2.78. The molecule has 2 aliphatic rings. The molecule has 0 unspecified atom stereocenters. The van der Waals surface area contributed by atoms with Crippen LogP contribution < -0.4 is 10.6 Å². The van der Waals surface area contributed by atoms with Crippen molar-refractivity contribution in [3.8, 4) is 11.4 Å². The quantitative estimate of drug-likeness (QED) is 0.496. The Kier molecular flexibility index (Phi) is 4.20. The number of fused-ring (bicyclic) bond motifs is 1. The molecule has 2 N–H and O–H groups in total. The first-order valence-corrected chi connectivity index (χ1v) is 8.79. The van der Waals surface area contributed by atoms with E-state index in [-0.39, 0.29) is 11.4 Å². The van der Waals surface area contributed by atoms with Crippen molar-refractivity contribution in [2.24, 2.45) is 0 Å². The molecule has 0 atom stereocenters. The second kappa shape index (κ2) is 6.43. The van der Waals surface area contributed by atoms with Gasteiger partial charge in [0.2, 0.25) is 0 Å². The first-order chi connectivity index (χ1) is 12.9. The Morgan fingerprint density at radius 1 is 1.26 bits per heavy atom. The van der Waals surface area contributed by atoms with E-state index in [9.17, 15) is 10.1 Å². The summed E-state index contributed by atoms with van der Waals surface area (Å²) in [6, 6.07) is 4.64. The number of anilines is 2. The fourth-order valence-electron chi connectivity index (χ4n) is 3.43. The van der Waals surface area contributed by atoms with Crippen LogP contribution in [0.5, 0.6) is 0 Å². The average molecular weight is 371 g/mol. The number of nitro benzene ring substituents is 1.